The number of hydrogen-bond acceptors (Lipinski definition) is 5. The summed E-state index contributed by atoms with van der Waals surface area (Å²) in [5, 5.41) is 19.4. The molecule has 0 radical (unpaired) electrons. The van der Waals surface area contributed by atoms with E-state index in [0.717, 1.165) is 37.9 Å². The number of amides is 2. The normalized spacial score (nSPS) is 20.6. The number of hydrogen-bond donors (Lipinski definition) is 4. The number of rotatable bonds is 7. The third-order valence-electron chi connectivity index (χ3n) is 5.70. The third-order valence-corrected chi connectivity index (χ3v) is 6.01. The molecule has 9 nitrogen and oxygen atoms in total. The summed E-state index contributed by atoms with van der Waals surface area (Å²) in [5.74, 6) is -0.350. The molecule has 168 valence electrons. The molecule has 11 heteroatoms. The van der Waals surface area contributed by atoms with Gasteiger partial charge in [-0.05, 0) is 30.7 Å². The van der Waals surface area contributed by atoms with Crippen LogP contribution in [0.4, 0.5) is 14.9 Å². The Hall–Kier alpha value is -2.28. The van der Waals surface area contributed by atoms with Gasteiger partial charge in [-0.3, -0.25) is 19.1 Å². The second kappa shape index (κ2) is 10.4. The maximum Gasteiger partial charge on any atom is 0.281 e. The Balaban J connectivity index is 1.76. The highest BCUT2D eigenvalue weighted by atomic mass is 127. The molecule has 3 rings (SSSR count). The Morgan fingerprint density at radius 1 is 1.39 bits per heavy atom. The van der Waals surface area contributed by atoms with Crippen LogP contribution < -0.4 is 16.2 Å². The molecule has 0 aromatic carbocycles. The van der Waals surface area contributed by atoms with Crippen LogP contribution in [-0.4, -0.2) is 42.3 Å². The van der Waals surface area contributed by atoms with Crippen LogP contribution in [0.15, 0.2) is 29.5 Å². The standard InChI is InChI=1S/C20H25FIN5O4/c1-11-2-4-12(5-3-11)17(26-20(22)31)19(30)25-14-8-24-27(9-14)16(10-28)15-6-13(21)7-23-18(15)29/h6-9,11-12,16-17,28H,2-5,10H2,1H3,(H,23,29)(H,25,30)(H,26,31)/t11-,12-,16?,17-/m0/s1. The van der Waals surface area contributed by atoms with E-state index in [1.807, 2.05) is 0 Å². The monoisotopic (exact) mass is 545 g/mol. The van der Waals surface area contributed by atoms with E-state index in [1.165, 1.54) is 17.1 Å². The second-order valence-electron chi connectivity index (χ2n) is 7.91. The molecule has 1 fully saturated rings. The lowest BCUT2D eigenvalue weighted by Crippen LogP contribution is -2.47. The molecule has 2 aromatic rings. The molecule has 1 unspecified atom stereocenters. The number of halogens is 2. The summed E-state index contributed by atoms with van der Waals surface area (Å²) >= 11 is 1.61. The zero-order valence-corrected chi connectivity index (χ0v) is 19.1. The molecule has 4 N–H and O–H groups in total. The van der Waals surface area contributed by atoms with E-state index >= 15 is 0 Å². The van der Waals surface area contributed by atoms with Gasteiger partial charge in [0.15, 0.2) is 0 Å². The maximum atomic E-state index is 13.6. The molecule has 1 aliphatic carbocycles. The Labute approximate surface area is 191 Å². The van der Waals surface area contributed by atoms with E-state index in [4.69, 9.17) is 0 Å². The number of carbonyl (C=O) groups excluding carboxylic acids is 2. The van der Waals surface area contributed by atoms with Crippen LogP contribution in [0, 0.1) is 17.7 Å². The number of pyridine rings is 1. The van der Waals surface area contributed by atoms with E-state index in [2.05, 4.69) is 27.6 Å². The number of aliphatic hydroxyl groups is 1. The first-order valence-electron chi connectivity index (χ1n) is 10.1. The van der Waals surface area contributed by atoms with Crippen molar-refractivity contribution in [3.05, 3.63) is 46.4 Å². The van der Waals surface area contributed by atoms with Crippen molar-refractivity contribution in [2.45, 2.75) is 44.7 Å². The van der Waals surface area contributed by atoms with Crippen molar-refractivity contribution in [2.24, 2.45) is 11.8 Å². The van der Waals surface area contributed by atoms with Gasteiger partial charge < -0.3 is 20.7 Å². The number of aromatic amines is 1. The van der Waals surface area contributed by atoms with Crippen molar-refractivity contribution in [1.82, 2.24) is 20.1 Å². The number of nitrogens with zero attached hydrogens (tertiary/aromatic N) is 2. The van der Waals surface area contributed by atoms with Gasteiger partial charge in [-0.1, -0.05) is 19.8 Å². The minimum Gasteiger partial charge on any atom is -0.394 e. The highest BCUT2D eigenvalue weighted by molar-refractivity contribution is 14.1. The first-order valence-corrected chi connectivity index (χ1v) is 11.2. The van der Waals surface area contributed by atoms with Gasteiger partial charge in [-0.2, -0.15) is 5.10 Å². The topological polar surface area (TPSA) is 129 Å². The molecule has 0 saturated heterocycles. The molecule has 2 atom stereocenters. The second-order valence-corrected chi connectivity index (χ2v) is 8.89. The van der Waals surface area contributed by atoms with Gasteiger partial charge in [0.1, 0.15) is 17.9 Å². The summed E-state index contributed by atoms with van der Waals surface area (Å²) in [7, 11) is 0. The van der Waals surface area contributed by atoms with Crippen LogP contribution >= 0.6 is 22.6 Å². The fourth-order valence-corrected chi connectivity index (χ4v) is 4.31. The molecule has 2 aromatic heterocycles. The molecule has 1 aliphatic rings. The molecule has 0 spiro atoms. The number of aromatic nitrogens is 3. The van der Waals surface area contributed by atoms with Crippen LogP contribution in [0.3, 0.4) is 0 Å². The van der Waals surface area contributed by atoms with Gasteiger partial charge in [0.2, 0.25) is 5.91 Å². The van der Waals surface area contributed by atoms with E-state index in [0.29, 0.717) is 11.6 Å². The summed E-state index contributed by atoms with van der Waals surface area (Å²) < 4.78 is 14.5. The van der Waals surface area contributed by atoms with Gasteiger partial charge in [-0.15, -0.1) is 0 Å². The molecule has 31 heavy (non-hydrogen) atoms. The van der Waals surface area contributed by atoms with Gasteiger partial charge in [0.25, 0.3) is 9.47 Å². The molecule has 2 amide bonds. The smallest absolute Gasteiger partial charge is 0.281 e. The summed E-state index contributed by atoms with van der Waals surface area (Å²) in [5.41, 5.74) is -0.194. The van der Waals surface area contributed by atoms with Crippen molar-refractivity contribution in [3.8, 4) is 0 Å². The number of anilines is 1. The lowest BCUT2D eigenvalue weighted by atomic mass is 9.79. The van der Waals surface area contributed by atoms with Gasteiger partial charge in [0, 0.05) is 40.5 Å². The lowest BCUT2D eigenvalue weighted by molar-refractivity contribution is -0.119. The number of nitrogens with one attached hydrogen (secondary N) is 3. The largest absolute Gasteiger partial charge is 0.394 e. The number of carbonyl (C=O) groups is 2. The van der Waals surface area contributed by atoms with Crippen LogP contribution in [0.2, 0.25) is 0 Å². The Morgan fingerprint density at radius 2 is 2.10 bits per heavy atom. The average Bonchev–Trinajstić information content (AvgIpc) is 3.18. The summed E-state index contributed by atoms with van der Waals surface area (Å²) in [6.07, 6.45) is 7.47. The molecule has 0 aliphatic heterocycles. The number of H-pyrrole nitrogens is 1. The zero-order chi connectivity index (χ0) is 22.5. The van der Waals surface area contributed by atoms with Crippen molar-refractivity contribution in [2.75, 3.05) is 11.9 Å². The first kappa shape index (κ1) is 23.4. The van der Waals surface area contributed by atoms with E-state index in [1.54, 1.807) is 22.6 Å². The Kier molecular flexibility index (Phi) is 7.81. The summed E-state index contributed by atoms with van der Waals surface area (Å²) in [6, 6.07) is -0.551. The first-order chi connectivity index (χ1) is 14.8. The van der Waals surface area contributed by atoms with Crippen LogP contribution in [0.1, 0.15) is 44.2 Å². The molecular weight excluding hydrogens is 520 g/mol. The molecule has 1 saturated carbocycles. The summed E-state index contributed by atoms with van der Waals surface area (Å²) in [6.45, 7) is 1.69. The Bertz CT molecular complexity index is 986. The van der Waals surface area contributed by atoms with Gasteiger partial charge in [0.05, 0.1) is 18.5 Å². The SMILES string of the molecule is C[C@H]1CC[C@H]([C@H](NC(=O)I)C(=O)Nc2cnn(C(CO)c3cc(F)c[nH]c3=O)c2)CC1. The minimum absolute atomic E-state index is 0.00912. The molecular formula is C20H25FIN5O4. The van der Waals surface area contributed by atoms with Crippen molar-refractivity contribution >= 4 is 38.1 Å². The van der Waals surface area contributed by atoms with Crippen molar-refractivity contribution in [1.29, 1.82) is 0 Å². The highest BCUT2D eigenvalue weighted by Gasteiger charge is 2.32. The van der Waals surface area contributed by atoms with Crippen molar-refractivity contribution in [3.63, 3.8) is 0 Å². The average molecular weight is 545 g/mol. The predicted octanol–water partition coefficient (Wildman–Crippen LogP) is 2.57. The van der Waals surface area contributed by atoms with E-state index in [9.17, 15) is 23.9 Å². The highest BCUT2D eigenvalue weighted by Crippen LogP contribution is 2.31. The Morgan fingerprint density at radius 3 is 2.74 bits per heavy atom. The molecule has 2 heterocycles. The fraction of sp³-hybridized carbons (Fsp3) is 0.500. The van der Waals surface area contributed by atoms with Gasteiger partial charge in [-0.25, -0.2) is 4.39 Å². The third kappa shape index (κ3) is 5.91. The van der Waals surface area contributed by atoms with Gasteiger partial charge >= 0.3 is 0 Å². The van der Waals surface area contributed by atoms with Crippen LogP contribution in [0.25, 0.3) is 0 Å². The predicted molar refractivity (Wildman–Crippen MR) is 121 cm³/mol. The maximum absolute atomic E-state index is 13.6. The molecule has 0 bridgehead atoms. The van der Waals surface area contributed by atoms with Crippen LogP contribution in [0.5, 0.6) is 0 Å². The van der Waals surface area contributed by atoms with Crippen LogP contribution in [-0.2, 0) is 4.79 Å². The summed E-state index contributed by atoms with van der Waals surface area (Å²) in [4.78, 5) is 38.9. The fourth-order valence-electron chi connectivity index (χ4n) is 3.98. The lowest BCUT2D eigenvalue weighted by Gasteiger charge is -2.31. The van der Waals surface area contributed by atoms with E-state index in [-0.39, 0.29) is 21.3 Å². The zero-order valence-electron chi connectivity index (χ0n) is 17.0. The number of aliphatic hydroxyl groups excluding tert-OH is 1. The quantitative estimate of drug-likeness (QED) is 0.242. The van der Waals surface area contributed by atoms with Crippen molar-refractivity contribution < 1.29 is 19.1 Å². The minimum atomic E-state index is -0.922. The van der Waals surface area contributed by atoms with E-state index < -0.39 is 30.1 Å².